The van der Waals surface area contributed by atoms with Gasteiger partial charge in [-0.3, -0.25) is 4.72 Å². The fourth-order valence-corrected chi connectivity index (χ4v) is 3.15. The van der Waals surface area contributed by atoms with Gasteiger partial charge in [-0.2, -0.15) is 0 Å². The van der Waals surface area contributed by atoms with Crippen molar-refractivity contribution in [3.8, 4) is 0 Å². The molecular weight excluding hydrogens is 288 g/mol. The molecule has 3 aromatic rings. The Kier molecular flexibility index (Phi) is 3.17. The lowest BCUT2D eigenvalue weighted by molar-refractivity contribution is 0.600. The number of nitrogens with zero attached hydrogens (tertiary/aromatic N) is 1. The van der Waals surface area contributed by atoms with Crippen LogP contribution in [0.5, 0.6) is 0 Å². The number of nitrogens with one attached hydrogen (secondary N) is 1. The van der Waals surface area contributed by atoms with Gasteiger partial charge in [-0.1, -0.05) is 6.07 Å². The second-order valence-electron chi connectivity index (χ2n) is 4.89. The molecule has 0 aliphatic rings. The minimum Gasteiger partial charge on any atom is -0.443 e. The van der Waals surface area contributed by atoms with Gasteiger partial charge in [0.25, 0.3) is 10.0 Å². The van der Waals surface area contributed by atoms with Crippen LogP contribution in [0, 0.1) is 13.8 Å². The van der Waals surface area contributed by atoms with E-state index in [9.17, 15) is 8.42 Å². The van der Waals surface area contributed by atoms with Gasteiger partial charge >= 0.3 is 0 Å². The maximum Gasteiger partial charge on any atom is 0.261 e. The van der Waals surface area contributed by atoms with Crippen molar-refractivity contribution >= 4 is 26.8 Å². The van der Waals surface area contributed by atoms with Crippen LogP contribution in [0.15, 0.2) is 52.1 Å². The van der Waals surface area contributed by atoms with E-state index in [-0.39, 0.29) is 4.90 Å². The molecular formula is C15H14N2O3S. The zero-order valence-electron chi connectivity index (χ0n) is 11.6. The molecule has 0 saturated heterocycles. The largest absolute Gasteiger partial charge is 0.443 e. The Balaban J connectivity index is 1.96. The monoisotopic (exact) mass is 302 g/mol. The predicted molar refractivity (Wildman–Crippen MR) is 80.7 cm³/mol. The van der Waals surface area contributed by atoms with Crippen LogP contribution in [0.2, 0.25) is 0 Å². The Morgan fingerprint density at radius 3 is 2.62 bits per heavy atom. The first-order chi connectivity index (χ1) is 9.95. The van der Waals surface area contributed by atoms with Crippen LogP contribution >= 0.6 is 0 Å². The summed E-state index contributed by atoms with van der Waals surface area (Å²) in [6, 6.07) is 10.0. The number of aryl methyl sites for hydroxylation is 2. The van der Waals surface area contributed by atoms with E-state index in [1.807, 2.05) is 13.8 Å². The second kappa shape index (κ2) is 4.89. The molecule has 0 aliphatic heterocycles. The van der Waals surface area contributed by atoms with E-state index >= 15 is 0 Å². The van der Waals surface area contributed by atoms with Crippen molar-refractivity contribution in [3.05, 3.63) is 53.9 Å². The fourth-order valence-electron chi connectivity index (χ4n) is 2.02. The van der Waals surface area contributed by atoms with Gasteiger partial charge < -0.3 is 4.42 Å². The van der Waals surface area contributed by atoms with Crippen molar-refractivity contribution in [1.82, 2.24) is 4.98 Å². The molecule has 0 bridgehead atoms. The summed E-state index contributed by atoms with van der Waals surface area (Å²) in [5, 5.41) is 0. The molecule has 1 N–H and O–H groups in total. The SMILES string of the molecule is Cc1ccc(S(=O)(=O)Nc2ccc3ocnc3c2)cc1C. The average molecular weight is 302 g/mol. The van der Waals surface area contributed by atoms with E-state index in [1.54, 1.807) is 36.4 Å². The quantitative estimate of drug-likeness (QED) is 0.806. The minimum absolute atomic E-state index is 0.242. The number of sulfonamides is 1. The first kappa shape index (κ1) is 13.6. The molecule has 108 valence electrons. The first-order valence-electron chi connectivity index (χ1n) is 6.39. The molecule has 0 atom stereocenters. The lowest BCUT2D eigenvalue weighted by Gasteiger charge is -2.09. The highest BCUT2D eigenvalue weighted by molar-refractivity contribution is 7.92. The molecule has 0 fully saturated rings. The van der Waals surface area contributed by atoms with Gasteiger partial charge in [0.05, 0.1) is 10.6 Å². The van der Waals surface area contributed by atoms with Crippen LogP contribution in [0.25, 0.3) is 11.1 Å². The number of rotatable bonds is 3. The number of oxazole rings is 1. The maximum atomic E-state index is 12.4. The van der Waals surface area contributed by atoms with Crippen LogP contribution in [-0.4, -0.2) is 13.4 Å². The smallest absolute Gasteiger partial charge is 0.261 e. The van der Waals surface area contributed by atoms with E-state index in [0.717, 1.165) is 11.1 Å². The molecule has 5 nitrogen and oxygen atoms in total. The van der Waals surface area contributed by atoms with Crippen molar-refractivity contribution in [2.75, 3.05) is 4.72 Å². The van der Waals surface area contributed by atoms with Gasteiger partial charge in [-0.15, -0.1) is 0 Å². The lowest BCUT2D eigenvalue weighted by Crippen LogP contribution is -2.13. The first-order valence-corrected chi connectivity index (χ1v) is 7.87. The number of anilines is 1. The summed E-state index contributed by atoms with van der Waals surface area (Å²) in [6.07, 6.45) is 1.33. The summed E-state index contributed by atoms with van der Waals surface area (Å²) < 4.78 is 32.5. The van der Waals surface area contributed by atoms with E-state index in [1.165, 1.54) is 6.39 Å². The molecule has 21 heavy (non-hydrogen) atoms. The minimum atomic E-state index is -3.61. The highest BCUT2D eigenvalue weighted by Gasteiger charge is 2.15. The molecule has 0 aliphatic carbocycles. The molecule has 0 saturated carbocycles. The van der Waals surface area contributed by atoms with Crippen LogP contribution < -0.4 is 4.72 Å². The Labute approximate surface area is 122 Å². The molecule has 2 aromatic carbocycles. The molecule has 1 heterocycles. The van der Waals surface area contributed by atoms with Crippen molar-refractivity contribution in [3.63, 3.8) is 0 Å². The normalized spacial score (nSPS) is 11.7. The summed E-state index contributed by atoms with van der Waals surface area (Å²) in [4.78, 5) is 4.25. The molecule has 0 amide bonds. The van der Waals surface area contributed by atoms with E-state index in [0.29, 0.717) is 16.8 Å². The maximum absolute atomic E-state index is 12.4. The zero-order valence-corrected chi connectivity index (χ0v) is 12.4. The number of fused-ring (bicyclic) bond motifs is 1. The summed E-state index contributed by atoms with van der Waals surface area (Å²) in [5.74, 6) is 0. The zero-order chi connectivity index (χ0) is 15.0. The molecule has 0 radical (unpaired) electrons. The van der Waals surface area contributed by atoms with Gasteiger partial charge in [0, 0.05) is 0 Å². The molecule has 0 spiro atoms. The van der Waals surface area contributed by atoms with Crippen LogP contribution in [0.3, 0.4) is 0 Å². The molecule has 3 rings (SSSR count). The van der Waals surface area contributed by atoms with E-state index in [4.69, 9.17) is 4.42 Å². The third-order valence-electron chi connectivity index (χ3n) is 3.37. The van der Waals surface area contributed by atoms with Crippen LogP contribution in [0.1, 0.15) is 11.1 Å². The van der Waals surface area contributed by atoms with Crippen molar-refractivity contribution in [2.24, 2.45) is 0 Å². The second-order valence-corrected chi connectivity index (χ2v) is 6.57. The van der Waals surface area contributed by atoms with Gasteiger partial charge in [0.2, 0.25) is 0 Å². The Morgan fingerprint density at radius 2 is 1.86 bits per heavy atom. The van der Waals surface area contributed by atoms with Gasteiger partial charge in [-0.25, -0.2) is 13.4 Å². The van der Waals surface area contributed by atoms with Gasteiger partial charge in [0.1, 0.15) is 5.52 Å². The summed E-state index contributed by atoms with van der Waals surface area (Å²) in [6.45, 7) is 3.83. The highest BCUT2D eigenvalue weighted by Crippen LogP contribution is 2.22. The standard InChI is InChI=1S/C15H14N2O3S/c1-10-3-5-13(7-11(10)2)21(18,19)17-12-4-6-15-14(8-12)16-9-20-15/h3-9,17H,1-2H3. The topological polar surface area (TPSA) is 72.2 Å². The van der Waals surface area contributed by atoms with E-state index < -0.39 is 10.0 Å². The van der Waals surface area contributed by atoms with Gasteiger partial charge in [0.15, 0.2) is 12.0 Å². The van der Waals surface area contributed by atoms with Crippen LogP contribution in [0.4, 0.5) is 5.69 Å². The van der Waals surface area contributed by atoms with Crippen LogP contribution in [-0.2, 0) is 10.0 Å². The summed E-state index contributed by atoms with van der Waals surface area (Å²) in [7, 11) is -3.61. The highest BCUT2D eigenvalue weighted by atomic mass is 32.2. The predicted octanol–water partition coefficient (Wildman–Crippen LogP) is 3.25. The van der Waals surface area contributed by atoms with Crippen molar-refractivity contribution in [2.45, 2.75) is 18.7 Å². The average Bonchev–Trinajstić information content (AvgIpc) is 2.88. The Bertz CT molecular complexity index is 914. The number of hydrogen-bond donors (Lipinski definition) is 1. The van der Waals surface area contributed by atoms with Gasteiger partial charge in [-0.05, 0) is 55.3 Å². The Hall–Kier alpha value is -2.34. The summed E-state index contributed by atoms with van der Waals surface area (Å²) >= 11 is 0. The fraction of sp³-hybridized carbons (Fsp3) is 0.133. The third-order valence-corrected chi connectivity index (χ3v) is 4.75. The summed E-state index contributed by atoms with van der Waals surface area (Å²) in [5.41, 5.74) is 3.66. The molecule has 1 aromatic heterocycles. The van der Waals surface area contributed by atoms with Crippen molar-refractivity contribution in [1.29, 1.82) is 0 Å². The molecule has 6 heteroatoms. The van der Waals surface area contributed by atoms with E-state index in [2.05, 4.69) is 9.71 Å². The Morgan fingerprint density at radius 1 is 1.05 bits per heavy atom. The number of hydrogen-bond acceptors (Lipinski definition) is 4. The number of aromatic nitrogens is 1. The van der Waals surface area contributed by atoms with Crippen molar-refractivity contribution < 1.29 is 12.8 Å². The third kappa shape index (κ3) is 2.62. The lowest BCUT2D eigenvalue weighted by atomic mass is 10.1. The molecule has 0 unspecified atom stereocenters. The number of benzene rings is 2.